The van der Waals surface area contributed by atoms with Gasteiger partial charge in [-0.05, 0) is 54.3 Å². The maximum atomic E-state index is 14.6. The SMILES string of the molecule is Cc1ccc(-c2ccc(C#Cc3cc(F)c4c(F)c(C#CC(F)(F)F)c(F)cc4c3)cc2)nc1. The molecule has 0 N–H and O–H groups in total. The lowest BCUT2D eigenvalue weighted by Crippen LogP contribution is -2.03. The first kappa shape index (κ1) is 22.9. The fourth-order valence-corrected chi connectivity index (χ4v) is 3.24. The van der Waals surface area contributed by atoms with Crippen molar-refractivity contribution in [2.24, 2.45) is 0 Å². The minimum atomic E-state index is -4.94. The van der Waals surface area contributed by atoms with Crippen LogP contribution in [-0.4, -0.2) is 11.2 Å². The van der Waals surface area contributed by atoms with Crippen molar-refractivity contribution < 1.29 is 26.3 Å². The van der Waals surface area contributed by atoms with E-state index in [1.807, 2.05) is 31.2 Å². The quantitative estimate of drug-likeness (QED) is 0.219. The molecule has 0 saturated heterocycles. The second-order valence-corrected chi connectivity index (χ2v) is 7.40. The number of nitrogens with zero attached hydrogens (tertiary/aromatic N) is 1. The summed E-state index contributed by atoms with van der Waals surface area (Å²) < 4.78 is 80.2. The summed E-state index contributed by atoms with van der Waals surface area (Å²) >= 11 is 0. The Kier molecular flexibility index (Phi) is 6.04. The van der Waals surface area contributed by atoms with Crippen LogP contribution in [0, 0.1) is 48.1 Å². The number of alkyl halides is 3. The molecule has 1 nitrogen and oxygen atoms in total. The van der Waals surface area contributed by atoms with Gasteiger partial charge in [-0.3, -0.25) is 4.98 Å². The molecule has 0 aliphatic carbocycles. The van der Waals surface area contributed by atoms with E-state index in [1.165, 1.54) is 12.0 Å². The average molecular weight is 465 g/mol. The Morgan fingerprint density at radius 3 is 2.12 bits per heavy atom. The third-order valence-electron chi connectivity index (χ3n) is 4.85. The molecule has 168 valence electrons. The van der Waals surface area contributed by atoms with E-state index in [0.717, 1.165) is 34.9 Å². The molecule has 0 radical (unpaired) electrons. The normalized spacial score (nSPS) is 10.9. The number of hydrogen-bond acceptors (Lipinski definition) is 1. The Balaban J connectivity index is 1.66. The van der Waals surface area contributed by atoms with Gasteiger partial charge in [0, 0.05) is 28.8 Å². The van der Waals surface area contributed by atoms with Gasteiger partial charge in [-0.25, -0.2) is 13.2 Å². The number of pyridine rings is 1. The number of halogens is 6. The van der Waals surface area contributed by atoms with Gasteiger partial charge in [-0.15, -0.1) is 0 Å². The zero-order valence-corrected chi connectivity index (χ0v) is 17.5. The third-order valence-corrected chi connectivity index (χ3v) is 4.85. The highest BCUT2D eigenvalue weighted by Gasteiger charge is 2.24. The van der Waals surface area contributed by atoms with E-state index in [0.29, 0.717) is 5.56 Å². The first-order valence-electron chi connectivity index (χ1n) is 9.87. The second kappa shape index (κ2) is 8.96. The molecule has 0 unspecified atom stereocenters. The minimum absolute atomic E-state index is 0.141. The van der Waals surface area contributed by atoms with Gasteiger partial charge in [0.2, 0.25) is 0 Å². The molecule has 0 amide bonds. The standard InChI is InChI=1S/C27H13F6N/c1-16-2-9-24(34-15-16)19-7-5-17(6-8-19)3-4-18-12-20-14-22(28)21(10-11-27(31,32)33)26(30)25(20)23(29)13-18/h2,5-9,12-15H,1H3. The van der Waals surface area contributed by atoms with Crippen LogP contribution in [0.25, 0.3) is 22.0 Å². The second-order valence-electron chi connectivity index (χ2n) is 7.40. The molecule has 0 aliphatic rings. The number of hydrogen-bond donors (Lipinski definition) is 0. The van der Waals surface area contributed by atoms with E-state index in [2.05, 4.69) is 16.8 Å². The van der Waals surface area contributed by atoms with Gasteiger partial charge in [-0.2, -0.15) is 13.2 Å². The van der Waals surface area contributed by atoms with E-state index in [9.17, 15) is 26.3 Å². The average Bonchev–Trinajstić information content (AvgIpc) is 2.77. The summed E-state index contributed by atoms with van der Waals surface area (Å²) in [5.74, 6) is 3.86. The van der Waals surface area contributed by atoms with Crippen LogP contribution < -0.4 is 0 Å². The lowest BCUT2D eigenvalue weighted by Gasteiger charge is -2.06. The summed E-state index contributed by atoms with van der Waals surface area (Å²) in [6.45, 7) is 1.94. The van der Waals surface area contributed by atoms with Crippen LogP contribution >= 0.6 is 0 Å². The number of rotatable bonds is 1. The van der Waals surface area contributed by atoms with Gasteiger partial charge >= 0.3 is 6.18 Å². The molecule has 0 fully saturated rings. The van der Waals surface area contributed by atoms with Crippen LogP contribution in [0.2, 0.25) is 0 Å². The van der Waals surface area contributed by atoms with Crippen molar-refractivity contribution in [3.8, 4) is 34.9 Å². The van der Waals surface area contributed by atoms with Crippen molar-refractivity contribution in [2.75, 3.05) is 0 Å². The van der Waals surface area contributed by atoms with Gasteiger partial charge in [0.1, 0.15) is 11.6 Å². The van der Waals surface area contributed by atoms with E-state index in [1.54, 1.807) is 18.3 Å². The van der Waals surface area contributed by atoms with E-state index in [4.69, 9.17) is 0 Å². The first-order chi connectivity index (χ1) is 16.1. The Labute approximate surface area is 191 Å². The molecule has 0 aliphatic heterocycles. The Morgan fingerprint density at radius 2 is 1.47 bits per heavy atom. The van der Waals surface area contributed by atoms with Crippen LogP contribution in [0.1, 0.15) is 22.3 Å². The van der Waals surface area contributed by atoms with Crippen LogP contribution in [-0.2, 0) is 0 Å². The monoisotopic (exact) mass is 465 g/mol. The number of aromatic nitrogens is 1. The fourth-order valence-electron chi connectivity index (χ4n) is 3.24. The molecule has 1 heterocycles. The molecule has 4 rings (SSSR count). The molecule has 1 aromatic heterocycles. The molecule has 0 bridgehead atoms. The number of fused-ring (bicyclic) bond motifs is 1. The van der Waals surface area contributed by atoms with Crippen LogP contribution in [0.5, 0.6) is 0 Å². The molecule has 0 atom stereocenters. The molecule has 0 spiro atoms. The Bertz CT molecular complexity index is 1510. The lowest BCUT2D eigenvalue weighted by molar-refractivity contribution is -0.0696. The molecule has 4 aromatic rings. The summed E-state index contributed by atoms with van der Waals surface area (Å²) in [5.41, 5.74) is 2.33. The van der Waals surface area contributed by atoms with Gasteiger partial charge in [-0.1, -0.05) is 36.0 Å². The predicted octanol–water partition coefficient (Wildman–Crippen LogP) is 6.94. The third kappa shape index (κ3) is 5.05. The molecule has 0 saturated carbocycles. The topological polar surface area (TPSA) is 12.9 Å². The van der Waals surface area contributed by atoms with Crippen molar-refractivity contribution in [1.82, 2.24) is 4.98 Å². The van der Waals surface area contributed by atoms with E-state index >= 15 is 0 Å². The minimum Gasteiger partial charge on any atom is -0.256 e. The Hall–Kier alpha value is -4.23. The zero-order chi connectivity index (χ0) is 24.5. The van der Waals surface area contributed by atoms with Crippen LogP contribution in [0.3, 0.4) is 0 Å². The zero-order valence-electron chi connectivity index (χ0n) is 17.5. The van der Waals surface area contributed by atoms with Gasteiger partial charge < -0.3 is 0 Å². The molecular weight excluding hydrogens is 452 g/mol. The summed E-state index contributed by atoms with van der Waals surface area (Å²) in [5, 5.41) is -0.842. The summed E-state index contributed by atoms with van der Waals surface area (Å²) in [7, 11) is 0. The number of benzene rings is 3. The lowest BCUT2D eigenvalue weighted by atomic mass is 10.0. The summed E-state index contributed by atoms with van der Waals surface area (Å²) in [6.07, 6.45) is -3.18. The van der Waals surface area contributed by atoms with Crippen molar-refractivity contribution in [3.63, 3.8) is 0 Å². The Morgan fingerprint density at radius 1 is 0.765 bits per heavy atom. The van der Waals surface area contributed by atoms with Crippen LogP contribution in [0.15, 0.2) is 60.8 Å². The van der Waals surface area contributed by atoms with E-state index in [-0.39, 0.29) is 10.9 Å². The molecule has 3 aromatic carbocycles. The van der Waals surface area contributed by atoms with Gasteiger partial charge in [0.15, 0.2) is 5.82 Å². The number of aryl methyl sites for hydroxylation is 1. The highest BCUT2D eigenvalue weighted by atomic mass is 19.4. The van der Waals surface area contributed by atoms with Crippen molar-refractivity contribution in [3.05, 3.63) is 100 Å². The van der Waals surface area contributed by atoms with Crippen molar-refractivity contribution in [2.45, 2.75) is 13.1 Å². The first-order valence-corrected chi connectivity index (χ1v) is 9.87. The van der Waals surface area contributed by atoms with Crippen molar-refractivity contribution >= 4 is 10.8 Å². The molecule has 34 heavy (non-hydrogen) atoms. The highest BCUT2D eigenvalue weighted by molar-refractivity contribution is 5.87. The molecule has 7 heteroatoms. The smallest absolute Gasteiger partial charge is 0.256 e. The maximum Gasteiger partial charge on any atom is 0.458 e. The van der Waals surface area contributed by atoms with E-state index < -0.39 is 34.6 Å². The molecular formula is C27H13F6N. The maximum absolute atomic E-state index is 14.6. The predicted molar refractivity (Wildman–Crippen MR) is 117 cm³/mol. The largest absolute Gasteiger partial charge is 0.458 e. The van der Waals surface area contributed by atoms with Gasteiger partial charge in [0.05, 0.1) is 16.6 Å². The fraction of sp³-hybridized carbons (Fsp3) is 0.0741. The highest BCUT2D eigenvalue weighted by Crippen LogP contribution is 2.28. The van der Waals surface area contributed by atoms with Crippen LogP contribution in [0.4, 0.5) is 26.3 Å². The van der Waals surface area contributed by atoms with Crippen molar-refractivity contribution in [1.29, 1.82) is 0 Å². The van der Waals surface area contributed by atoms with Gasteiger partial charge in [0.25, 0.3) is 0 Å². The summed E-state index contributed by atoms with van der Waals surface area (Å²) in [6, 6.07) is 13.9. The summed E-state index contributed by atoms with van der Waals surface area (Å²) in [4.78, 5) is 4.35.